The molecule has 0 spiro atoms. The number of nitrogen functional groups attached to an aromatic ring is 1. The third-order valence-electron chi connectivity index (χ3n) is 6.80. The summed E-state index contributed by atoms with van der Waals surface area (Å²) in [5, 5.41) is 14.3. The maximum Gasteiger partial charge on any atom is 0.141 e. The third kappa shape index (κ3) is 3.52. The second-order valence-electron chi connectivity index (χ2n) is 8.53. The Morgan fingerprint density at radius 1 is 1.10 bits per heavy atom. The van der Waals surface area contributed by atoms with E-state index in [1.165, 1.54) is 37.8 Å². The van der Waals surface area contributed by atoms with Gasteiger partial charge in [0.1, 0.15) is 18.1 Å². The van der Waals surface area contributed by atoms with E-state index in [9.17, 15) is 5.26 Å². The van der Waals surface area contributed by atoms with Crippen molar-refractivity contribution in [2.45, 2.75) is 63.1 Å². The van der Waals surface area contributed by atoms with Gasteiger partial charge < -0.3 is 10.5 Å². The standard InChI is InChI=1S/C22H28N6O/c23-13-16-11-17(14-25-22(16)24)19-12-20(28(26-19)18-3-1-2-4-18)15-5-8-27(9-6-15)21-7-10-29-21/h11-12,14-15,18,21H,1-10H2,(H2,24,25). The number of piperidine rings is 1. The van der Waals surface area contributed by atoms with Crippen LogP contribution in [0.25, 0.3) is 11.3 Å². The van der Waals surface area contributed by atoms with Crippen LogP contribution in [0, 0.1) is 11.3 Å². The largest absolute Gasteiger partial charge is 0.383 e. The maximum atomic E-state index is 9.31. The van der Waals surface area contributed by atoms with Gasteiger partial charge in [0, 0.05) is 42.9 Å². The van der Waals surface area contributed by atoms with E-state index in [2.05, 4.69) is 26.7 Å². The third-order valence-corrected chi connectivity index (χ3v) is 6.80. The summed E-state index contributed by atoms with van der Waals surface area (Å²) in [6.45, 7) is 3.08. The SMILES string of the molecule is N#Cc1cc(-c2cc(C3CCN(C4CCO4)CC3)n(C3CCCC3)n2)cnc1N. The minimum atomic E-state index is 0.275. The van der Waals surface area contributed by atoms with Crippen LogP contribution in [-0.2, 0) is 4.74 Å². The summed E-state index contributed by atoms with van der Waals surface area (Å²) in [4.78, 5) is 6.69. The zero-order chi connectivity index (χ0) is 19.8. The molecule has 7 nitrogen and oxygen atoms in total. The lowest BCUT2D eigenvalue weighted by molar-refractivity contribution is -0.150. The lowest BCUT2D eigenvalue weighted by atomic mass is 9.92. The molecule has 3 fully saturated rings. The lowest BCUT2D eigenvalue weighted by Gasteiger charge is -2.41. The van der Waals surface area contributed by atoms with Gasteiger partial charge in [-0.05, 0) is 37.8 Å². The molecule has 7 heteroatoms. The number of nitrogens with zero attached hydrogens (tertiary/aromatic N) is 5. The molecule has 0 radical (unpaired) electrons. The van der Waals surface area contributed by atoms with E-state index >= 15 is 0 Å². The maximum absolute atomic E-state index is 9.31. The number of hydrogen-bond donors (Lipinski definition) is 1. The van der Waals surface area contributed by atoms with E-state index in [0.717, 1.165) is 43.8 Å². The molecule has 2 saturated heterocycles. The summed E-state index contributed by atoms with van der Waals surface area (Å²) in [6.07, 6.45) is 10.5. The normalized spacial score (nSPS) is 23.8. The van der Waals surface area contributed by atoms with Gasteiger partial charge in [0.05, 0.1) is 23.9 Å². The fraction of sp³-hybridized carbons (Fsp3) is 0.591. The molecule has 1 unspecified atom stereocenters. The number of likely N-dealkylation sites (tertiary alicyclic amines) is 1. The number of nitrogens with two attached hydrogens (primary N) is 1. The van der Waals surface area contributed by atoms with Gasteiger partial charge in [0.25, 0.3) is 0 Å². The Morgan fingerprint density at radius 2 is 1.86 bits per heavy atom. The van der Waals surface area contributed by atoms with Crippen molar-refractivity contribution in [3.8, 4) is 17.3 Å². The predicted molar refractivity (Wildman–Crippen MR) is 110 cm³/mol. The number of rotatable bonds is 4. The van der Waals surface area contributed by atoms with Gasteiger partial charge in [-0.3, -0.25) is 9.58 Å². The van der Waals surface area contributed by atoms with Crippen molar-refractivity contribution >= 4 is 5.82 Å². The van der Waals surface area contributed by atoms with Crippen molar-refractivity contribution in [2.24, 2.45) is 0 Å². The molecule has 1 aliphatic carbocycles. The fourth-order valence-electron chi connectivity index (χ4n) is 5.00. The number of pyridine rings is 1. The monoisotopic (exact) mass is 392 g/mol. The fourth-order valence-corrected chi connectivity index (χ4v) is 5.00. The average molecular weight is 393 g/mol. The first-order valence-corrected chi connectivity index (χ1v) is 10.8. The second-order valence-corrected chi connectivity index (χ2v) is 8.53. The molecular formula is C22H28N6O. The molecule has 2 aromatic rings. The van der Waals surface area contributed by atoms with Gasteiger partial charge in [-0.1, -0.05) is 12.8 Å². The number of hydrogen-bond acceptors (Lipinski definition) is 6. The molecule has 3 aliphatic rings. The molecule has 0 amide bonds. The molecule has 2 aliphatic heterocycles. The van der Waals surface area contributed by atoms with Crippen LogP contribution in [0.15, 0.2) is 18.3 Å². The molecule has 0 bridgehead atoms. The molecular weight excluding hydrogens is 364 g/mol. The Labute approximate surface area is 171 Å². The van der Waals surface area contributed by atoms with Gasteiger partial charge in [0.2, 0.25) is 0 Å². The van der Waals surface area contributed by atoms with Crippen LogP contribution in [0.3, 0.4) is 0 Å². The van der Waals surface area contributed by atoms with Gasteiger partial charge in [-0.15, -0.1) is 0 Å². The summed E-state index contributed by atoms with van der Waals surface area (Å²) in [7, 11) is 0. The van der Waals surface area contributed by atoms with Gasteiger partial charge in [0.15, 0.2) is 0 Å². The molecule has 0 aromatic carbocycles. The predicted octanol–water partition coefficient (Wildman–Crippen LogP) is 3.44. The Hall–Kier alpha value is -2.43. The smallest absolute Gasteiger partial charge is 0.141 e. The molecule has 1 atom stereocenters. The minimum absolute atomic E-state index is 0.275. The van der Waals surface area contributed by atoms with E-state index in [4.69, 9.17) is 15.6 Å². The summed E-state index contributed by atoms with van der Waals surface area (Å²) in [5.74, 6) is 0.794. The Bertz CT molecular complexity index is 914. The highest BCUT2D eigenvalue weighted by Crippen LogP contribution is 2.38. The highest BCUT2D eigenvalue weighted by Gasteiger charge is 2.32. The van der Waals surface area contributed by atoms with Crippen LogP contribution in [0.2, 0.25) is 0 Å². The number of aromatic nitrogens is 3. The van der Waals surface area contributed by atoms with Crippen LogP contribution in [0.5, 0.6) is 0 Å². The Kier molecular flexibility index (Phi) is 4.98. The molecule has 5 rings (SSSR count). The molecule has 4 heterocycles. The van der Waals surface area contributed by atoms with E-state index < -0.39 is 0 Å². The molecule has 2 aromatic heterocycles. The summed E-state index contributed by atoms with van der Waals surface area (Å²) < 4.78 is 7.97. The number of ether oxygens (including phenoxy) is 1. The van der Waals surface area contributed by atoms with Gasteiger partial charge in [-0.25, -0.2) is 4.98 Å². The Morgan fingerprint density at radius 3 is 2.52 bits per heavy atom. The molecule has 1 saturated carbocycles. The lowest BCUT2D eigenvalue weighted by Crippen LogP contribution is -2.48. The van der Waals surface area contributed by atoms with Crippen LogP contribution in [-0.4, -0.2) is 45.6 Å². The molecule has 152 valence electrons. The number of anilines is 1. The van der Waals surface area contributed by atoms with Crippen molar-refractivity contribution in [3.63, 3.8) is 0 Å². The molecule has 2 N–H and O–H groups in total. The minimum Gasteiger partial charge on any atom is -0.383 e. The van der Waals surface area contributed by atoms with Crippen molar-refractivity contribution in [2.75, 3.05) is 25.4 Å². The van der Waals surface area contributed by atoms with Crippen molar-refractivity contribution in [1.29, 1.82) is 5.26 Å². The summed E-state index contributed by atoms with van der Waals surface area (Å²) >= 11 is 0. The zero-order valence-electron chi connectivity index (χ0n) is 16.8. The zero-order valence-corrected chi connectivity index (χ0v) is 16.8. The second kappa shape index (κ2) is 7.77. The first-order chi connectivity index (χ1) is 14.2. The summed E-state index contributed by atoms with van der Waals surface area (Å²) in [6, 6.07) is 6.66. The van der Waals surface area contributed by atoms with Crippen LogP contribution in [0.4, 0.5) is 5.82 Å². The van der Waals surface area contributed by atoms with Crippen LogP contribution in [0.1, 0.15) is 68.2 Å². The van der Waals surface area contributed by atoms with Crippen LogP contribution >= 0.6 is 0 Å². The highest BCUT2D eigenvalue weighted by atomic mass is 16.5. The topological polar surface area (TPSA) is 93.0 Å². The highest BCUT2D eigenvalue weighted by molar-refractivity contribution is 5.64. The van der Waals surface area contributed by atoms with E-state index in [0.29, 0.717) is 23.8 Å². The summed E-state index contributed by atoms with van der Waals surface area (Å²) in [5.41, 5.74) is 9.34. The average Bonchev–Trinajstić information content (AvgIpc) is 3.37. The van der Waals surface area contributed by atoms with Crippen molar-refractivity contribution < 1.29 is 4.74 Å². The van der Waals surface area contributed by atoms with Crippen molar-refractivity contribution in [3.05, 3.63) is 29.6 Å². The first kappa shape index (κ1) is 18.6. The first-order valence-electron chi connectivity index (χ1n) is 10.8. The Balaban J connectivity index is 1.43. The van der Waals surface area contributed by atoms with Crippen molar-refractivity contribution in [1.82, 2.24) is 19.7 Å². The quantitative estimate of drug-likeness (QED) is 0.857. The van der Waals surface area contributed by atoms with E-state index in [-0.39, 0.29) is 5.82 Å². The van der Waals surface area contributed by atoms with E-state index in [1.54, 1.807) is 6.20 Å². The molecule has 29 heavy (non-hydrogen) atoms. The van der Waals surface area contributed by atoms with Gasteiger partial charge >= 0.3 is 0 Å². The van der Waals surface area contributed by atoms with Gasteiger partial charge in [-0.2, -0.15) is 10.4 Å². The van der Waals surface area contributed by atoms with E-state index in [1.807, 2.05) is 6.07 Å². The number of nitriles is 1. The van der Waals surface area contributed by atoms with Crippen LogP contribution < -0.4 is 5.73 Å².